The molecule has 0 spiro atoms. The van der Waals surface area contributed by atoms with Crippen LogP contribution in [0.3, 0.4) is 0 Å². The number of Topliss-reactive ketones (excluding diaryl/α,β-unsaturated/α-hetero) is 1. The summed E-state index contributed by atoms with van der Waals surface area (Å²) < 4.78 is 0. The zero-order chi connectivity index (χ0) is 12.8. The van der Waals surface area contributed by atoms with E-state index in [1.807, 2.05) is 6.92 Å². The Morgan fingerprint density at radius 1 is 1.29 bits per heavy atom. The highest BCUT2D eigenvalue weighted by molar-refractivity contribution is 5.78. The number of carbonyl (C=O) groups excluding carboxylic acids is 3. The third-order valence-corrected chi connectivity index (χ3v) is 3.70. The Hall–Kier alpha value is -1.03. The summed E-state index contributed by atoms with van der Waals surface area (Å²) in [6, 6.07) is 0.673. The van der Waals surface area contributed by atoms with Gasteiger partial charge in [-0.1, -0.05) is 6.92 Å². The van der Waals surface area contributed by atoms with Gasteiger partial charge in [0, 0.05) is 24.9 Å². The highest BCUT2D eigenvalue weighted by Crippen LogP contribution is 2.38. The van der Waals surface area contributed by atoms with Crippen molar-refractivity contribution in [2.45, 2.75) is 57.5 Å². The fourth-order valence-corrected chi connectivity index (χ4v) is 2.90. The van der Waals surface area contributed by atoms with Crippen LogP contribution in [0, 0.1) is 5.92 Å². The number of rotatable bonds is 3. The van der Waals surface area contributed by atoms with E-state index in [1.165, 1.54) is 5.06 Å². The smallest absolute Gasteiger partial charge is 0.313 e. The molecule has 0 aromatic heterocycles. The van der Waals surface area contributed by atoms with Crippen molar-refractivity contribution in [1.29, 1.82) is 0 Å². The summed E-state index contributed by atoms with van der Waals surface area (Å²) in [5.41, 5.74) is 0. The summed E-state index contributed by atoms with van der Waals surface area (Å²) in [4.78, 5) is 27.6. The molecule has 2 atom stereocenters. The molecule has 2 unspecified atom stereocenters. The Kier molecular flexibility index (Phi) is 5.48. The molecular formula is C12H19NO4. The van der Waals surface area contributed by atoms with Crippen molar-refractivity contribution in [2.24, 2.45) is 5.92 Å². The summed E-state index contributed by atoms with van der Waals surface area (Å²) in [5.74, 6) is 0.907. The monoisotopic (exact) mass is 241 g/mol. The molecule has 96 valence electrons. The van der Waals surface area contributed by atoms with E-state index in [1.54, 1.807) is 0 Å². The summed E-state index contributed by atoms with van der Waals surface area (Å²) >= 11 is 0. The molecule has 0 aromatic carbocycles. The van der Waals surface area contributed by atoms with E-state index in [2.05, 4.69) is 0 Å². The van der Waals surface area contributed by atoms with Gasteiger partial charge in [0.1, 0.15) is 5.78 Å². The van der Waals surface area contributed by atoms with Crippen molar-refractivity contribution >= 4 is 11.9 Å². The van der Waals surface area contributed by atoms with Crippen LogP contribution >= 0.6 is 0 Å². The van der Waals surface area contributed by atoms with Gasteiger partial charge in [-0.2, -0.15) is 14.7 Å². The van der Waals surface area contributed by atoms with Gasteiger partial charge < -0.3 is 5.21 Å². The fraction of sp³-hybridized carbons (Fsp3) is 0.833. The molecular weight excluding hydrogens is 222 g/mol. The van der Waals surface area contributed by atoms with E-state index in [-0.39, 0.29) is 6.15 Å². The van der Waals surface area contributed by atoms with Gasteiger partial charge in [0.2, 0.25) is 0 Å². The molecule has 17 heavy (non-hydrogen) atoms. The highest BCUT2D eigenvalue weighted by Gasteiger charge is 2.40. The Labute approximate surface area is 101 Å². The summed E-state index contributed by atoms with van der Waals surface area (Å²) in [5, 5.41) is 11.2. The predicted octanol–water partition coefficient (Wildman–Crippen LogP) is 1.40. The summed E-state index contributed by atoms with van der Waals surface area (Å²) in [6.45, 7) is 1.93. The molecule has 2 saturated heterocycles. The molecule has 2 fully saturated rings. The van der Waals surface area contributed by atoms with Gasteiger partial charge in [-0.05, 0) is 31.6 Å². The first-order chi connectivity index (χ1) is 8.12. The predicted molar refractivity (Wildman–Crippen MR) is 58.1 cm³/mol. The van der Waals surface area contributed by atoms with Crippen LogP contribution in [0.15, 0.2) is 0 Å². The number of hydrogen-bond acceptors (Lipinski definition) is 5. The lowest BCUT2D eigenvalue weighted by molar-refractivity contribution is -0.191. The standard InChI is InChI=1S/C11H19NO2.CO2/c1-2-11(13)7-8-5-9-3-4-10(6-8)12(9)14;2-1-3/h8-10,14H,2-7H2,1H3;. The van der Waals surface area contributed by atoms with E-state index in [0.717, 1.165) is 32.1 Å². The SMILES string of the molecule is CCC(=O)CC1CC2CCC(C1)N2O.O=C=O. The van der Waals surface area contributed by atoms with E-state index in [0.29, 0.717) is 30.2 Å². The maximum atomic E-state index is 11.3. The fourth-order valence-electron chi connectivity index (χ4n) is 2.90. The van der Waals surface area contributed by atoms with Crippen molar-refractivity contribution in [3.05, 3.63) is 0 Å². The second-order valence-electron chi connectivity index (χ2n) is 4.78. The molecule has 0 saturated carbocycles. The minimum Gasteiger partial charge on any atom is -0.313 e. The van der Waals surface area contributed by atoms with Crippen molar-refractivity contribution in [1.82, 2.24) is 5.06 Å². The van der Waals surface area contributed by atoms with Gasteiger partial charge in [0.15, 0.2) is 0 Å². The average molecular weight is 241 g/mol. The quantitative estimate of drug-likeness (QED) is 0.808. The first kappa shape index (κ1) is 14.0. The number of hydroxylamine groups is 2. The number of carbonyl (C=O) groups is 1. The summed E-state index contributed by atoms with van der Waals surface area (Å²) in [7, 11) is 0. The molecule has 1 N–H and O–H groups in total. The van der Waals surface area contributed by atoms with E-state index < -0.39 is 0 Å². The van der Waals surface area contributed by atoms with E-state index >= 15 is 0 Å². The number of fused-ring (bicyclic) bond motifs is 2. The lowest BCUT2D eigenvalue weighted by atomic mass is 9.87. The van der Waals surface area contributed by atoms with Crippen LogP contribution in [0.4, 0.5) is 0 Å². The van der Waals surface area contributed by atoms with Gasteiger partial charge in [0.05, 0.1) is 0 Å². The van der Waals surface area contributed by atoms with Gasteiger partial charge in [-0.15, -0.1) is 0 Å². The first-order valence-electron chi connectivity index (χ1n) is 6.10. The van der Waals surface area contributed by atoms with Crippen LogP contribution < -0.4 is 0 Å². The van der Waals surface area contributed by atoms with E-state index in [4.69, 9.17) is 9.59 Å². The minimum atomic E-state index is 0.250. The number of nitrogens with zero attached hydrogens (tertiary/aromatic N) is 1. The Bertz CT molecular complexity index is 285. The average Bonchev–Trinajstić information content (AvgIpc) is 2.54. The number of piperidine rings is 1. The Balaban J connectivity index is 0.000000437. The summed E-state index contributed by atoms with van der Waals surface area (Å²) in [6.07, 6.45) is 5.89. The van der Waals surface area contributed by atoms with Crippen molar-refractivity contribution in [3.63, 3.8) is 0 Å². The van der Waals surface area contributed by atoms with Crippen LogP contribution in [0.25, 0.3) is 0 Å². The normalized spacial score (nSPS) is 31.3. The molecule has 0 aliphatic carbocycles. The number of ketones is 1. The second kappa shape index (κ2) is 6.64. The zero-order valence-electron chi connectivity index (χ0n) is 10.1. The molecule has 2 heterocycles. The van der Waals surface area contributed by atoms with Crippen LogP contribution in [0.1, 0.15) is 45.4 Å². The van der Waals surface area contributed by atoms with Crippen LogP contribution in [0.2, 0.25) is 0 Å². The van der Waals surface area contributed by atoms with Crippen molar-refractivity contribution in [2.75, 3.05) is 0 Å². The Morgan fingerprint density at radius 3 is 2.18 bits per heavy atom. The van der Waals surface area contributed by atoms with Gasteiger partial charge in [-0.25, -0.2) is 0 Å². The van der Waals surface area contributed by atoms with Crippen LogP contribution in [-0.4, -0.2) is 34.3 Å². The van der Waals surface area contributed by atoms with Gasteiger partial charge >= 0.3 is 6.15 Å². The van der Waals surface area contributed by atoms with Crippen LogP contribution in [0.5, 0.6) is 0 Å². The molecule has 2 bridgehead atoms. The van der Waals surface area contributed by atoms with Gasteiger partial charge in [-0.3, -0.25) is 4.79 Å². The van der Waals surface area contributed by atoms with Crippen molar-refractivity contribution in [3.8, 4) is 0 Å². The van der Waals surface area contributed by atoms with Crippen LogP contribution in [-0.2, 0) is 14.4 Å². The van der Waals surface area contributed by atoms with Gasteiger partial charge in [0.25, 0.3) is 0 Å². The molecule has 2 aliphatic heterocycles. The first-order valence-corrected chi connectivity index (χ1v) is 6.10. The number of hydrogen-bond donors (Lipinski definition) is 1. The topological polar surface area (TPSA) is 74.7 Å². The maximum absolute atomic E-state index is 11.3. The Morgan fingerprint density at radius 2 is 1.76 bits per heavy atom. The molecule has 2 aliphatic rings. The highest BCUT2D eigenvalue weighted by atomic mass is 16.5. The molecule has 5 heteroatoms. The molecule has 5 nitrogen and oxygen atoms in total. The molecule has 0 amide bonds. The molecule has 0 radical (unpaired) electrons. The lowest BCUT2D eigenvalue weighted by Gasteiger charge is -2.34. The lowest BCUT2D eigenvalue weighted by Crippen LogP contribution is -2.40. The maximum Gasteiger partial charge on any atom is 0.373 e. The second-order valence-corrected chi connectivity index (χ2v) is 4.78. The van der Waals surface area contributed by atoms with E-state index in [9.17, 15) is 10.0 Å². The van der Waals surface area contributed by atoms with Crippen molar-refractivity contribution < 1.29 is 19.6 Å². The third-order valence-electron chi connectivity index (χ3n) is 3.70. The zero-order valence-corrected chi connectivity index (χ0v) is 10.1. The third kappa shape index (κ3) is 3.73. The minimum absolute atomic E-state index is 0.250. The molecule has 2 rings (SSSR count). The molecule has 0 aromatic rings. The largest absolute Gasteiger partial charge is 0.373 e.